The Hall–Kier alpha value is -2.37. The molecule has 0 radical (unpaired) electrons. The minimum absolute atomic E-state index is 0.0763. The van der Waals surface area contributed by atoms with E-state index < -0.39 is 5.97 Å². The Labute approximate surface area is 140 Å². The van der Waals surface area contributed by atoms with Crippen LogP contribution in [0.5, 0.6) is 0 Å². The van der Waals surface area contributed by atoms with Crippen LogP contribution in [0.3, 0.4) is 0 Å². The number of rotatable bonds is 3. The quantitative estimate of drug-likeness (QED) is 0.758. The SMILES string of the molecule is O=C(O)c1ccc2c(=O)[nH]c(Cc3cc(Cl)cc(Cl)c3)nc2c1. The number of nitrogens with zero attached hydrogens (tertiary/aromatic N) is 1. The molecular weight excluding hydrogens is 339 g/mol. The smallest absolute Gasteiger partial charge is 0.335 e. The van der Waals surface area contributed by atoms with Gasteiger partial charge < -0.3 is 10.1 Å². The van der Waals surface area contributed by atoms with Crippen LogP contribution in [0.1, 0.15) is 21.7 Å². The van der Waals surface area contributed by atoms with E-state index in [0.29, 0.717) is 33.2 Å². The molecule has 0 fully saturated rings. The van der Waals surface area contributed by atoms with Crippen LogP contribution in [0.4, 0.5) is 0 Å². The number of halogens is 2. The number of aromatic carboxylic acids is 1. The molecule has 2 aromatic carbocycles. The summed E-state index contributed by atoms with van der Waals surface area (Å²) < 4.78 is 0. The van der Waals surface area contributed by atoms with Gasteiger partial charge in [0.1, 0.15) is 5.82 Å². The van der Waals surface area contributed by atoms with Gasteiger partial charge in [-0.15, -0.1) is 0 Å². The van der Waals surface area contributed by atoms with Gasteiger partial charge in [0.05, 0.1) is 16.5 Å². The third kappa shape index (κ3) is 3.36. The van der Waals surface area contributed by atoms with Crippen LogP contribution < -0.4 is 5.56 Å². The first-order valence-corrected chi connectivity index (χ1v) is 7.39. The number of carboxylic acids is 1. The number of carbonyl (C=O) groups is 1. The van der Waals surface area contributed by atoms with E-state index in [1.807, 2.05) is 0 Å². The first-order valence-electron chi connectivity index (χ1n) is 6.63. The third-order valence-corrected chi connectivity index (χ3v) is 3.73. The second kappa shape index (κ2) is 6.02. The molecule has 0 saturated carbocycles. The second-order valence-corrected chi connectivity index (χ2v) is 5.88. The van der Waals surface area contributed by atoms with Gasteiger partial charge in [0.2, 0.25) is 0 Å². The predicted octanol–water partition coefficient (Wildman–Crippen LogP) is 3.52. The Balaban J connectivity index is 2.07. The van der Waals surface area contributed by atoms with Gasteiger partial charge in [0.15, 0.2) is 0 Å². The summed E-state index contributed by atoms with van der Waals surface area (Å²) >= 11 is 11.9. The van der Waals surface area contributed by atoms with E-state index in [1.165, 1.54) is 18.2 Å². The number of hydrogen-bond acceptors (Lipinski definition) is 3. The lowest BCUT2D eigenvalue weighted by molar-refractivity contribution is 0.0697. The fourth-order valence-corrected chi connectivity index (χ4v) is 2.88. The molecule has 0 amide bonds. The highest BCUT2D eigenvalue weighted by Crippen LogP contribution is 2.20. The van der Waals surface area contributed by atoms with Crippen molar-refractivity contribution in [3.8, 4) is 0 Å². The van der Waals surface area contributed by atoms with Gasteiger partial charge in [-0.3, -0.25) is 4.79 Å². The molecule has 3 rings (SSSR count). The van der Waals surface area contributed by atoms with Crippen molar-refractivity contribution in [2.75, 3.05) is 0 Å². The fraction of sp³-hybridized carbons (Fsp3) is 0.0625. The standard InChI is InChI=1S/C16H10Cl2N2O3/c17-10-3-8(4-11(18)7-10)5-14-19-13-6-9(16(22)23)1-2-12(13)15(21)20-14/h1-4,6-7H,5H2,(H,22,23)(H,19,20,21). The Kier molecular flexibility index (Phi) is 4.07. The number of hydrogen-bond donors (Lipinski definition) is 2. The Morgan fingerprint density at radius 3 is 2.48 bits per heavy atom. The minimum Gasteiger partial charge on any atom is -0.478 e. The lowest BCUT2D eigenvalue weighted by atomic mass is 10.1. The molecule has 0 spiro atoms. The topological polar surface area (TPSA) is 83.0 Å². The highest BCUT2D eigenvalue weighted by atomic mass is 35.5. The summed E-state index contributed by atoms with van der Waals surface area (Å²) in [5, 5.41) is 10.4. The van der Waals surface area contributed by atoms with Crippen molar-refractivity contribution in [3.63, 3.8) is 0 Å². The van der Waals surface area contributed by atoms with E-state index in [9.17, 15) is 9.59 Å². The molecule has 0 aliphatic heterocycles. The van der Waals surface area contributed by atoms with Crippen molar-refractivity contribution in [1.29, 1.82) is 0 Å². The van der Waals surface area contributed by atoms with Crippen LogP contribution in [-0.4, -0.2) is 21.0 Å². The van der Waals surface area contributed by atoms with Crippen LogP contribution in [0.25, 0.3) is 10.9 Å². The maximum atomic E-state index is 12.1. The van der Waals surface area contributed by atoms with Gasteiger partial charge in [0, 0.05) is 16.5 Å². The van der Waals surface area contributed by atoms with Crippen molar-refractivity contribution < 1.29 is 9.90 Å². The number of H-pyrrole nitrogens is 1. The van der Waals surface area contributed by atoms with Gasteiger partial charge in [-0.25, -0.2) is 9.78 Å². The number of fused-ring (bicyclic) bond motifs is 1. The average Bonchev–Trinajstić information content (AvgIpc) is 2.45. The van der Waals surface area contributed by atoms with E-state index in [4.69, 9.17) is 28.3 Å². The van der Waals surface area contributed by atoms with Crippen molar-refractivity contribution in [2.45, 2.75) is 6.42 Å². The lowest BCUT2D eigenvalue weighted by Crippen LogP contribution is -2.13. The molecule has 0 aliphatic carbocycles. The largest absolute Gasteiger partial charge is 0.478 e. The summed E-state index contributed by atoms with van der Waals surface area (Å²) in [4.78, 5) is 30.2. The minimum atomic E-state index is -1.07. The number of nitrogens with one attached hydrogen (secondary N) is 1. The first kappa shape index (κ1) is 15.5. The van der Waals surface area contributed by atoms with Crippen LogP contribution in [0, 0.1) is 0 Å². The first-order chi connectivity index (χ1) is 10.9. The molecular formula is C16H10Cl2N2O3. The number of benzene rings is 2. The Bertz CT molecular complexity index is 962. The van der Waals surface area contributed by atoms with Crippen LogP contribution >= 0.6 is 23.2 Å². The highest BCUT2D eigenvalue weighted by Gasteiger charge is 2.09. The Morgan fingerprint density at radius 1 is 1.13 bits per heavy atom. The van der Waals surface area contributed by atoms with E-state index in [2.05, 4.69) is 9.97 Å². The summed E-state index contributed by atoms with van der Waals surface area (Å²) in [6, 6.07) is 9.27. The summed E-state index contributed by atoms with van der Waals surface area (Å²) in [5.41, 5.74) is 0.874. The zero-order valence-electron chi connectivity index (χ0n) is 11.6. The molecule has 0 aliphatic rings. The molecule has 3 aromatic rings. The van der Waals surface area contributed by atoms with Crippen LogP contribution in [-0.2, 0) is 6.42 Å². The maximum Gasteiger partial charge on any atom is 0.335 e. The van der Waals surface area contributed by atoms with E-state index in [1.54, 1.807) is 18.2 Å². The normalized spacial score (nSPS) is 10.9. The molecule has 0 unspecified atom stereocenters. The summed E-state index contributed by atoms with van der Waals surface area (Å²) in [5.74, 6) is -0.666. The zero-order chi connectivity index (χ0) is 16.6. The number of aromatic nitrogens is 2. The van der Waals surface area contributed by atoms with E-state index >= 15 is 0 Å². The molecule has 1 heterocycles. The molecule has 0 saturated heterocycles. The highest BCUT2D eigenvalue weighted by molar-refractivity contribution is 6.34. The summed E-state index contributed by atoms with van der Waals surface area (Å²) in [7, 11) is 0. The lowest BCUT2D eigenvalue weighted by Gasteiger charge is -2.05. The van der Waals surface area contributed by atoms with E-state index in [-0.39, 0.29) is 11.1 Å². The molecule has 0 atom stereocenters. The monoisotopic (exact) mass is 348 g/mol. The molecule has 2 N–H and O–H groups in total. The molecule has 7 heteroatoms. The van der Waals surface area contributed by atoms with Gasteiger partial charge in [-0.05, 0) is 42.0 Å². The molecule has 0 bridgehead atoms. The van der Waals surface area contributed by atoms with Crippen molar-refractivity contribution >= 4 is 40.1 Å². The van der Waals surface area contributed by atoms with Gasteiger partial charge in [-0.1, -0.05) is 23.2 Å². The molecule has 116 valence electrons. The summed E-state index contributed by atoms with van der Waals surface area (Å²) in [6.07, 6.45) is 0.322. The van der Waals surface area contributed by atoms with Crippen LogP contribution in [0.2, 0.25) is 10.0 Å². The number of carboxylic acid groups (broad SMARTS) is 1. The third-order valence-electron chi connectivity index (χ3n) is 3.30. The van der Waals surface area contributed by atoms with Crippen molar-refractivity contribution in [3.05, 3.63) is 73.7 Å². The van der Waals surface area contributed by atoms with Crippen molar-refractivity contribution in [1.82, 2.24) is 9.97 Å². The second-order valence-electron chi connectivity index (χ2n) is 5.00. The van der Waals surface area contributed by atoms with Crippen LogP contribution in [0.15, 0.2) is 41.2 Å². The molecule has 5 nitrogen and oxygen atoms in total. The average molecular weight is 349 g/mol. The van der Waals surface area contributed by atoms with Gasteiger partial charge in [-0.2, -0.15) is 0 Å². The fourth-order valence-electron chi connectivity index (χ4n) is 2.31. The van der Waals surface area contributed by atoms with E-state index in [0.717, 1.165) is 5.56 Å². The Morgan fingerprint density at radius 2 is 1.83 bits per heavy atom. The molecule has 23 heavy (non-hydrogen) atoms. The van der Waals surface area contributed by atoms with Gasteiger partial charge >= 0.3 is 5.97 Å². The van der Waals surface area contributed by atoms with Crippen molar-refractivity contribution in [2.24, 2.45) is 0 Å². The summed E-state index contributed by atoms with van der Waals surface area (Å²) in [6.45, 7) is 0. The number of aromatic amines is 1. The molecule has 1 aromatic heterocycles. The van der Waals surface area contributed by atoms with Gasteiger partial charge in [0.25, 0.3) is 5.56 Å². The maximum absolute atomic E-state index is 12.1. The zero-order valence-corrected chi connectivity index (χ0v) is 13.1. The predicted molar refractivity (Wildman–Crippen MR) is 88.6 cm³/mol.